The summed E-state index contributed by atoms with van der Waals surface area (Å²) in [5.74, 6) is 0.853. The fourth-order valence-electron chi connectivity index (χ4n) is 1.18. The smallest absolute Gasteiger partial charge is 0.133 e. The van der Waals surface area contributed by atoms with Gasteiger partial charge in [0.2, 0.25) is 0 Å². The number of nitrogens with zero attached hydrogens (tertiary/aromatic N) is 2. The van der Waals surface area contributed by atoms with Gasteiger partial charge in [0.05, 0.1) is 11.4 Å². The van der Waals surface area contributed by atoms with Gasteiger partial charge in [-0.2, -0.15) is 0 Å². The largest absolute Gasteiger partial charge is 0.231 e. The third-order valence-corrected chi connectivity index (χ3v) is 1.71. The van der Waals surface area contributed by atoms with E-state index in [1.165, 1.54) is 0 Å². The van der Waals surface area contributed by atoms with E-state index in [0.717, 1.165) is 23.6 Å². The van der Waals surface area contributed by atoms with Gasteiger partial charge in [-0.3, -0.25) is 0 Å². The highest BCUT2D eigenvalue weighted by molar-refractivity contribution is 5.96. The summed E-state index contributed by atoms with van der Waals surface area (Å²) < 4.78 is 0. The van der Waals surface area contributed by atoms with Crippen LogP contribution >= 0.6 is 0 Å². The lowest BCUT2D eigenvalue weighted by Gasteiger charge is -1.93. The molecule has 0 amide bonds. The van der Waals surface area contributed by atoms with Gasteiger partial charge in [0.1, 0.15) is 5.84 Å². The van der Waals surface area contributed by atoms with Crippen LogP contribution in [0.4, 0.5) is 11.4 Å². The molecule has 0 N–H and O–H groups in total. The molecule has 0 aromatic heterocycles. The van der Waals surface area contributed by atoms with Gasteiger partial charge in [-0.15, -0.1) is 6.58 Å². The average Bonchev–Trinajstić information content (AvgIpc) is 2.47. The lowest BCUT2D eigenvalue weighted by molar-refractivity contribution is 1.24. The molecule has 0 saturated heterocycles. The molecular formula is C10H9N2. The molecule has 1 aromatic carbocycles. The van der Waals surface area contributed by atoms with Crippen molar-refractivity contribution in [2.24, 2.45) is 4.99 Å². The van der Waals surface area contributed by atoms with Crippen LogP contribution in [0.1, 0.15) is 6.42 Å². The number of amidine groups is 1. The third kappa shape index (κ3) is 1.11. The maximum atomic E-state index is 4.32. The Labute approximate surface area is 71.6 Å². The number of para-hydroxylation sites is 2. The van der Waals surface area contributed by atoms with E-state index in [9.17, 15) is 0 Å². The standard InChI is InChI=1S/C10H9N2/c1-2-5-10-11-8-6-3-4-7-9(8)12-10/h2-4,6-7H,1,5H2. The zero-order valence-corrected chi connectivity index (χ0v) is 6.70. The first-order valence-electron chi connectivity index (χ1n) is 3.89. The van der Waals surface area contributed by atoms with Gasteiger partial charge in [-0.25, -0.2) is 10.3 Å². The lowest BCUT2D eigenvalue weighted by atomic mass is 10.3. The van der Waals surface area contributed by atoms with Crippen molar-refractivity contribution in [1.82, 2.24) is 5.32 Å². The fraction of sp³-hybridized carbons (Fsp3) is 0.100. The molecule has 12 heavy (non-hydrogen) atoms. The quantitative estimate of drug-likeness (QED) is 0.590. The van der Waals surface area contributed by atoms with Crippen LogP contribution in [0.5, 0.6) is 0 Å². The van der Waals surface area contributed by atoms with Crippen molar-refractivity contribution in [3.63, 3.8) is 0 Å². The van der Waals surface area contributed by atoms with Crippen LogP contribution in [0.15, 0.2) is 41.9 Å². The van der Waals surface area contributed by atoms with Crippen molar-refractivity contribution in [1.29, 1.82) is 0 Å². The van der Waals surface area contributed by atoms with E-state index in [2.05, 4.69) is 16.9 Å². The van der Waals surface area contributed by atoms with Gasteiger partial charge in [-0.1, -0.05) is 18.2 Å². The Kier molecular flexibility index (Phi) is 1.67. The second kappa shape index (κ2) is 2.81. The van der Waals surface area contributed by atoms with E-state index in [1.807, 2.05) is 30.3 Å². The molecule has 1 heterocycles. The molecule has 0 aliphatic carbocycles. The van der Waals surface area contributed by atoms with Crippen LogP contribution in [0.25, 0.3) is 0 Å². The Hall–Kier alpha value is -1.57. The van der Waals surface area contributed by atoms with Crippen LogP contribution < -0.4 is 5.32 Å². The first-order valence-corrected chi connectivity index (χ1v) is 3.89. The second-order valence-electron chi connectivity index (χ2n) is 2.62. The number of fused-ring (bicyclic) bond motifs is 1. The minimum Gasteiger partial charge on any atom is -0.231 e. The number of rotatable bonds is 2. The van der Waals surface area contributed by atoms with E-state index in [-0.39, 0.29) is 0 Å². The van der Waals surface area contributed by atoms with E-state index < -0.39 is 0 Å². The molecule has 2 rings (SSSR count). The van der Waals surface area contributed by atoms with E-state index >= 15 is 0 Å². The Balaban J connectivity index is 2.28. The number of aliphatic imine (C=N–C) groups is 1. The minimum atomic E-state index is 0.745. The minimum absolute atomic E-state index is 0.745. The van der Waals surface area contributed by atoms with E-state index in [1.54, 1.807) is 0 Å². The van der Waals surface area contributed by atoms with Crippen LogP contribution in [0.2, 0.25) is 0 Å². The molecule has 2 nitrogen and oxygen atoms in total. The SMILES string of the molecule is C=CCC1=Nc2ccccc2[N]1. The third-order valence-electron chi connectivity index (χ3n) is 1.71. The summed E-state index contributed by atoms with van der Waals surface area (Å²) >= 11 is 0. The monoisotopic (exact) mass is 157 g/mol. The van der Waals surface area contributed by atoms with Crippen molar-refractivity contribution in [3.05, 3.63) is 36.9 Å². The summed E-state index contributed by atoms with van der Waals surface area (Å²) in [7, 11) is 0. The predicted molar refractivity (Wildman–Crippen MR) is 50.1 cm³/mol. The van der Waals surface area contributed by atoms with Crippen molar-refractivity contribution in [3.8, 4) is 0 Å². The highest BCUT2D eigenvalue weighted by atomic mass is 15.1. The molecule has 1 aliphatic rings. The zero-order chi connectivity index (χ0) is 8.39. The van der Waals surface area contributed by atoms with Crippen molar-refractivity contribution >= 4 is 17.2 Å². The zero-order valence-electron chi connectivity index (χ0n) is 6.70. The Morgan fingerprint density at radius 2 is 2.00 bits per heavy atom. The molecule has 1 aromatic rings. The van der Waals surface area contributed by atoms with Gasteiger partial charge < -0.3 is 0 Å². The first-order chi connectivity index (χ1) is 5.90. The van der Waals surface area contributed by atoms with Gasteiger partial charge >= 0.3 is 0 Å². The predicted octanol–water partition coefficient (Wildman–Crippen LogP) is 2.54. The van der Waals surface area contributed by atoms with E-state index in [4.69, 9.17) is 0 Å². The molecule has 0 saturated carbocycles. The summed E-state index contributed by atoms with van der Waals surface area (Å²) in [6.07, 6.45) is 2.56. The summed E-state index contributed by atoms with van der Waals surface area (Å²) in [6, 6.07) is 7.87. The maximum absolute atomic E-state index is 4.32. The van der Waals surface area contributed by atoms with Crippen LogP contribution in [0.3, 0.4) is 0 Å². The molecule has 0 atom stereocenters. The molecule has 1 radical (unpaired) electrons. The van der Waals surface area contributed by atoms with Gasteiger partial charge in [-0.05, 0) is 12.1 Å². The van der Waals surface area contributed by atoms with Crippen LogP contribution in [0, 0.1) is 0 Å². The topological polar surface area (TPSA) is 26.5 Å². The molecular weight excluding hydrogens is 148 g/mol. The lowest BCUT2D eigenvalue weighted by Crippen LogP contribution is -2.03. The van der Waals surface area contributed by atoms with Crippen molar-refractivity contribution < 1.29 is 0 Å². The molecule has 0 spiro atoms. The summed E-state index contributed by atoms with van der Waals surface area (Å²) in [5.41, 5.74) is 1.93. The van der Waals surface area contributed by atoms with Gasteiger partial charge in [0.25, 0.3) is 0 Å². The fourth-order valence-corrected chi connectivity index (χ4v) is 1.18. The first kappa shape index (κ1) is 7.10. The summed E-state index contributed by atoms with van der Waals surface area (Å²) in [4.78, 5) is 4.32. The van der Waals surface area contributed by atoms with Crippen LogP contribution in [-0.2, 0) is 0 Å². The summed E-state index contributed by atoms with van der Waals surface area (Å²) in [6.45, 7) is 3.65. The average molecular weight is 157 g/mol. The number of benzene rings is 1. The maximum Gasteiger partial charge on any atom is 0.133 e. The van der Waals surface area contributed by atoms with Gasteiger partial charge in [0.15, 0.2) is 0 Å². The summed E-state index contributed by atoms with van der Waals surface area (Å²) in [5, 5.41) is 4.32. The molecule has 0 unspecified atom stereocenters. The highest BCUT2D eigenvalue weighted by Crippen LogP contribution is 2.29. The normalized spacial score (nSPS) is 13.2. The molecule has 2 heteroatoms. The highest BCUT2D eigenvalue weighted by Gasteiger charge is 2.12. The molecule has 0 bridgehead atoms. The van der Waals surface area contributed by atoms with Crippen molar-refractivity contribution in [2.45, 2.75) is 6.42 Å². The molecule has 0 fully saturated rings. The Morgan fingerprint density at radius 3 is 2.67 bits per heavy atom. The van der Waals surface area contributed by atoms with Crippen LogP contribution in [-0.4, -0.2) is 5.84 Å². The molecule has 59 valence electrons. The van der Waals surface area contributed by atoms with E-state index in [0.29, 0.717) is 0 Å². The second-order valence-corrected chi connectivity index (χ2v) is 2.62. The van der Waals surface area contributed by atoms with Gasteiger partial charge in [0, 0.05) is 6.42 Å². The Bertz CT molecular complexity index is 339. The number of hydrogen-bond acceptors (Lipinski definition) is 1. The molecule has 1 aliphatic heterocycles. The van der Waals surface area contributed by atoms with Crippen molar-refractivity contribution in [2.75, 3.05) is 0 Å². The Morgan fingerprint density at radius 1 is 1.25 bits per heavy atom. The number of hydrogen-bond donors (Lipinski definition) is 0.